The molecular weight excluding hydrogens is 409 g/mol. The number of aliphatic imine (C=N–C) groups is 1. The number of hydrogen-bond donors (Lipinski definition) is 1. The quantitative estimate of drug-likeness (QED) is 0.714. The van der Waals surface area contributed by atoms with Crippen LogP contribution >= 0.6 is 0 Å². The largest absolute Gasteiger partial charge is 0.457 e. The highest BCUT2D eigenvalue weighted by atomic mass is 19.1. The van der Waals surface area contributed by atoms with Crippen LogP contribution in [0, 0.1) is 11.7 Å². The summed E-state index contributed by atoms with van der Waals surface area (Å²) in [6.07, 6.45) is 2.56. The van der Waals surface area contributed by atoms with E-state index >= 15 is 0 Å². The maximum Gasteiger partial charge on any atom is 0.227 e. The number of amides is 1. The Morgan fingerprint density at radius 2 is 1.78 bits per heavy atom. The number of ether oxygens (including phenoxy) is 2. The van der Waals surface area contributed by atoms with Crippen LogP contribution in [0.1, 0.15) is 18.9 Å². The number of carbonyl (C=O) groups is 1. The minimum atomic E-state index is -0.301. The maximum absolute atomic E-state index is 13.0. The summed E-state index contributed by atoms with van der Waals surface area (Å²) >= 11 is 0. The Labute approximate surface area is 187 Å². The van der Waals surface area contributed by atoms with Gasteiger partial charge in [-0.3, -0.25) is 14.7 Å². The first kappa shape index (κ1) is 22.2. The van der Waals surface area contributed by atoms with Crippen LogP contribution in [0.25, 0.3) is 5.70 Å². The second kappa shape index (κ2) is 10.5. The molecule has 0 aliphatic carbocycles. The van der Waals surface area contributed by atoms with Gasteiger partial charge in [0.1, 0.15) is 17.3 Å². The zero-order chi connectivity index (χ0) is 22.3. The molecule has 1 unspecified atom stereocenters. The number of morpholine rings is 1. The molecule has 1 N–H and O–H groups in total. The standard InChI is InChI=1S/C25H28FN3O3/c1-18-16-20(25(30)27-10-11-29-12-14-31-15-13-29)17-24(28-18)19-2-6-22(7-3-19)32-23-8-4-21(26)5-9-23/h2-9,17,20H,10-16H2,1H3,(H,27,30). The second-order valence-corrected chi connectivity index (χ2v) is 8.04. The van der Waals surface area contributed by atoms with Crippen molar-refractivity contribution >= 4 is 17.3 Å². The molecule has 2 aromatic rings. The number of rotatable bonds is 7. The molecule has 2 heterocycles. The fraction of sp³-hybridized carbons (Fsp3) is 0.360. The van der Waals surface area contributed by atoms with Crippen molar-refractivity contribution in [2.75, 3.05) is 39.4 Å². The number of nitrogens with zero attached hydrogens (tertiary/aromatic N) is 2. The number of nitrogens with one attached hydrogen (secondary N) is 1. The molecule has 1 amide bonds. The minimum absolute atomic E-state index is 0.0290. The molecule has 1 atom stereocenters. The lowest BCUT2D eigenvalue weighted by Crippen LogP contribution is -2.42. The van der Waals surface area contributed by atoms with Gasteiger partial charge < -0.3 is 14.8 Å². The van der Waals surface area contributed by atoms with Crippen molar-refractivity contribution in [2.24, 2.45) is 10.9 Å². The van der Waals surface area contributed by atoms with E-state index in [9.17, 15) is 9.18 Å². The number of halogens is 1. The molecule has 1 fully saturated rings. The highest BCUT2D eigenvalue weighted by Crippen LogP contribution is 2.28. The third-order valence-corrected chi connectivity index (χ3v) is 5.55. The normalized spacial score (nSPS) is 19.1. The van der Waals surface area contributed by atoms with Gasteiger partial charge in [0.05, 0.1) is 24.8 Å². The summed E-state index contributed by atoms with van der Waals surface area (Å²) in [5, 5.41) is 3.06. The predicted molar refractivity (Wildman–Crippen MR) is 122 cm³/mol. The second-order valence-electron chi connectivity index (χ2n) is 8.04. The van der Waals surface area contributed by atoms with Crippen LogP contribution < -0.4 is 10.1 Å². The average Bonchev–Trinajstić information content (AvgIpc) is 2.81. The first-order valence-electron chi connectivity index (χ1n) is 10.9. The molecule has 2 aliphatic heterocycles. The molecule has 6 nitrogen and oxygen atoms in total. The molecule has 0 radical (unpaired) electrons. The Hall–Kier alpha value is -3.03. The lowest BCUT2D eigenvalue weighted by atomic mass is 9.95. The number of benzene rings is 2. The fourth-order valence-corrected chi connectivity index (χ4v) is 3.81. The van der Waals surface area contributed by atoms with E-state index in [4.69, 9.17) is 9.47 Å². The topological polar surface area (TPSA) is 63.2 Å². The molecule has 32 heavy (non-hydrogen) atoms. The summed E-state index contributed by atoms with van der Waals surface area (Å²) in [4.78, 5) is 19.7. The fourth-order valence-electron chi connectivity index (χ4n) is 3.81. The summed E-state index contributed by atoms with van der Waals surface area (Å²) in [6, 6.07) is 13.4. The van der Waals surface area contributed by atoms with Gasteiger partial charge in [-0.15, -0.1) is 0 Å². The molecule has 0 aromatic heterocycles. The molecule has 0 spiro atoms. The SMILES string of the molecule is CC1=NC(c2ccc(Oc3ccc(F)cc3)cc2)=CC(C(=O)NCCN2CCOCC2)C1. The predicted octanol–water partition coefficient (Wildman–Crippen LogP) is 3.89. The van der Waals surface area contributed by atoms with E-state index in [1.165, 1.54) is 12.1 Å². The molecular formula is C25H28FN3O3. The summed E-state index contributed by atoms with van der Waals surface area (Å²) in [5.74, 6) is 0.710. The van der Waals surface area contributed by atoms with Crippen LogP contribution in [0.4, 0.5) is 4.39 Å². The van der Waals surface area contributed by atoms with Crippen molar-refractivity contribution < 1.29 is 18.7 Å². The highest BCUT2D eigenvalue weighted by molar-refractivity contribution is 5.96. The van der Waals surface area contributed by atoms with Crippen molar-refractivity contribution in [2.45, 2.75) is 13.3 Å². The van der Waals surface area contributed by atoms with E-state index in [-0.39, 0.29) is 17.6 Å². The Kier molecular flexibility index (Phi) is 7.29. The summed E-state index contributed by atoms with van der Waals surface area (Å²) in [7, 11) is 0. The third-order valence-electron chi connectivity index (χ3n) is 5.55. The molecule has 4 rings (SSSR count). The van der Waals surface area contributed by atoms with Crippen molar-refractivity contribution in [1.82, 2.24) is 10.2 Å². The first-order chi connectivity index (χ1) is 15.6. The molecule has 1 saturated heterocycles. The van der Waals surface area contributed by atoms with Crippen LogP contribution in [0.3, 0.4) is 0 Å². The van der Waals surface area contributed by atoms with Crippen molar-refractivity contribution in [3.63, 3.8) is 0 Å². The molecule has 168 valence electrons. The van der Waals surface area contributed by atoms with Gasteiger partial charge in [-0.2, -0.15) is 0 Å². The van der Waals surface area contributed by atoms with E-state index < -0.39 is 0 Å². The maximum atomic E-state index is 13.0. The van der Waals surface area contributed by atoms with Gasteiger partial charge in [0.2, 0.25) is 5.91 Å². The summed E-state index contributed by atoms with van der Waals surface area (Å²) in [5.41, 5.74) is 2.64. The van der Waals surface area contributed by atoms with Crippen LogP contribution in [0.15, 0.2) is 59.6 Å². The highest BCUT2D eigenvalue weighted by Gasteiger charge is 2.22. The van der Waals surface area contributed by atoms with E-state index in [0.29, 0.717) is 24.5 Å². The molecule has 2 aliphatic rings. The van der Waals surface area contributed by atoms with E-state index in [1.54, 1.807) is 12.1 Å². The van der Waals surface area contributed by atoms with Gasteiger partial charge in [0.15, 0.2) is 0 Å². The van der Waals surface area contributed by atoms with Crippen molar-refractivity contribution in [1.29, 1.82) is 0 Å². The summed E-state index contributed by atoms with van der Waals surface area (Å²) in [6.45, 7) is 6.75. The van der Waals surface area contributed by atoms with Gasteiger partial charge in [-0.05, 0) is 61.5 Å². The number of hydrogen-bond acceptors (Lipinski definition) is 5. The van der Waals surface area contributed by atoms with Gasteiger partial charge in [-0.25, -0.2) is 4.39 Å². The monoisotopic (exact) mass is 437 g/mol. The van der Waals surface area contributed by atoms with Gasteiger partial charge in [-0.1, -0.05) is 0 Å². The van der Waals surface area contributed by atoms with Crippen LogP contribution in [-0.4, -0.2) is 55.9 Å². The van der Waals surface area contributed by atoms with Crippen LogP contribution in [0.2, 0.25) is 0 Å². The van der Waals surface area contributed by atoms with Crippen LogP contribution in [0.5, 0.6) is 11.5 Å². The molecule has 2 aromatic carbocycles. The minimum Gasteiger partial charge on any atom is -0.457 e. The van der Waals surface area contributed by atoms with E-state index in [1.807, 2.05) is 37.3 Å². The first-order valence-corrected chi connectivity index (χ1v) is 10.9. The summed E-state index contributed by atoms with van der Waals surface area (Å²) < 4.78 is 24.2. The Bertz CT molecular complexity index is 980. The van der Waals surface area contributed by atoms with E-state index in [2.05, 4.69) is 15.2 Å². The smallest absolute Gasteiger partial charge is 0.227 e. The van der Waals surface area contributed by atoms with Crippen molar-refractivity contribution in [3.8, 4) is 11.5 Å². The zero-order valence-electron chi connectivity index (χ0n) is 18.2. The molecule has 7 heteroatoms. The third kappa shape index (κ3) is 6.02. The van der Waals surface area contributed by atoms with Crippen molar-refractivity contribution in [3.05, 3.63) is 66.0 Å². The average molecular weight is 438 g/mol. The lowest BCUT2D eigenvalue weighted by molar-refractivity contribution is -0.123. The Morgan fingerprint density at radius 3 is 2.47 bits per heavy atom. The molecule has 0 saturated carbocycles. The van der Waals surface area contributed by atoms with Gasteiger partial charge in [0.25, 0.3) is 0 Å². The molecule has 0 bridgehead atoms. The zero-order valence-corrected chi connectivity index (χ0v) is 18.2. The Balaban J connectivity index is 1.36. The Morgan fingerprint density at radius 1 is 1.12 bits per heavy atom. The van der Waals surface area contributed by atoms with Crippen LogP contribution in [-0.2, 0) is 9.53 Å². The van der Waals surface area contributed by atoms with Gasteiger partial charge in [0, 0.05) is 43.9 Å². The number of carbonyl (C=O) groups excluding carboxylic acids is 1. The van der Waals surface area contributed by atoms with E-state index in [0.717, 1.165) is 49.8 Å². The lowest BCUT2D eigenvalue weighted by Gasteiger charge is -2.27. The van der Waals surface area contributed by atoms with Gasteiger partial charge >= 0.3 is 0 Å².